The monoisotopic (exact) mass is 558 g/mol. The number of aromatic nitrogens is 2. The fourth-order valence-electron chi connectivity index (χ4n) is 5.35. The number of hydrogen-bond acceptors (Lipinski definition) is 6. The second kappa shape index (κ2) is 10.8. The third-order valence-electron chi connectivity index (χ3n) is 7.10. The average molecular weight is 559 g/mol. The predicted octanol–water partition coefficient (Wildman–Crippen LogP) is 5.71. The van der Waals surface area contributed by atoms with E-state index in [0.717, 1.165) is 52.9 Å². The van der Waals surface area contributed by atoms with Crippen LogP contribution in [0.5, 0.6) is 0 Å². The van der Waals surface area contributed by atoms with E-state index in [-0.39, 0.29) is 17.2 Å². The molecule has 2 aromatic carbocycles. The van der Waals surface area contributed by atoms with Crippen molar-refractivity contribution < 1.29 is 4.79 Å². The van der Waals surface area contributed by atoms with Crippen molar-refractivity contribution in [3.05, 3.63) is 94.2 Å². The van der Waals surface area contributed by atoms with Crippen molar-refractivity contribution in [1.82, 2.24) is 14.5 Å². The zero-order valence-corrected chi connectivity index (χ0v) is 23.0. The number of piperidine rings is 1. The first-order valence-electron chi connectivity index (χ1n) is 12.6. The topological polar surface area (TPSA) is 67.2 Å². The highest BCUT2D eigenvalue weighted by Crippen LogP contribution is 2.36. The molecule has 192 valence electrons. The average Bonchev–Trinajstić information content (AvgIpc) is 3.41. The van der Waals surface area contributed by atoms with Crippen LogP contribution in [0.4, 0.5) is 5.13 Å². The van der Waals surface area contributed by atoms with Gasteiger partial charge in [0, 0.05) is 48.3 Å². The number of rotatable bonds is 5. The van der Waals surface area contributed by atoms with Gasteiger partial charge < -0.3 is 14.8 Å². The Balaban J connectivity index is 1.02. The van der Waals surface area contributed by atoms with Gasteiger partial charge >= 0.3 is 0 Å². The van der Waals surface area contributed by atoms with Gasteiger partial charge in [0.15, 0.2) is 5.13 Å². The van der Waals surface area contributed by atoms with Crippen LogP contribution in [0.25, 0.3) is 22.4 Å². The lowest BCUT2D eigenvalue weighted by atomic mass is 9.83. The number of likely N-dealkylation sites (tertiary alicyclic amines) is 1. The molecule has 2 aliphatic heterocycles. The van der Waals surface area contributed by atoms with Crippen molar-refractivity contribution in [3.8, 4) is 22.4 Å². The molecule has 0 spiro atoms. The first kappa shape index (κ1) is 25.0. The number of hydrogen-bond donors (Lipinski definition) is 1. The van der Waals surface area contributed by atoms with Crippen molar-refractivity contribution in [2.24, 2.45) is 5.92 Å². The van der Waals surface area contributed by atoms with Crippen LogP contribution in [0, 0.1) is 5.92 Å². The molecule has 0 saturated carbocycles. The molecule has 0 radical (unpaired) electrons. The van der Waals surface area contributed by atoms with E-state index in [9.17, 15) is 9.59 Å². The zero-order chi connectivity index (χ0) is 26.1. The quantitative estimate of drug-likeness (QED) is 0.316. The van der Waals surface area contributed by atoms with E-state index < -0.39 is 0 Å². The molecular weight excluding hydrogens is 533 g/mol. The van der Waals surface area contributed by atoms with E-state index >= 15 is 0 Å². The molecule has 4 aromatic rings. The molecular formula is C29H26N4O2S3. The highest BCUT2D eigenvalue weighted by atomic mass is 32.2. The Hall–Kier alpha value is -3.27. The van der Waals surface area contributed by atoms with Gasteiger partial charge in [-0.2, -0.15) is 0 Å². The van der Waals surface area contributed by atoms with Crippen molar-refractivity contribution >= 4 is 50.7 Å². The van der Waals surface area contributed by atoms with Gasteiger partial charge in [0.2, 0.25) is 5.91 Å². The second-order valence-corrected chi connectivity index (χ2v) is 12.2. The first-order chi connectivity index (χ1) is 18.5. The van der Waals surface area contributed by atoms with Gasteiger partial charge in [-0.25, -0.2) is 4.98 Å². The maximum absolute atomic E-state index is 12.7. The molecule has 38 heavy (non-hydrogen) atoms. The number of carbonyl (C=O) groups excluding carboxylic acids is 1. The summed E-state index contributed by atoms with van der Waals surface area (Å²) in [5, 5.41) is 5.46. The molecule has 2 aliphatic rings. The van der Waals surface area contributed by atoms with Crippen molar-refractivity contribution in [1.29, 1.82) is 0 Å². The Morgan fingerprint density at radius 1 is 0.974 bits per heavy atom. The fourth-order valence-corrected chi connectivity index (χ4v) is 7.07. The summed E-state index contributed by atoms with van der Waals surface area (Å²) in [5.41, 5.74) is 5.35. The maximum Gasteiger partial charge on any atom is 0.250 e. The standard InChI is InChI=1S/C29H26N4O2S3/c34-26(18-38-29(36)32-14-19-13-23(16-32)25-7-4-8-27(35)33(25)15-19)31-28-30-24(17-37-28)22-11-9-21(10-12-22)20-5-2-1-3-6-20/h1-12,17,19,23H,13-16,18H2,(H,30,31,34)/t19-,23+/m0/s1. The molecule has 9 heteroatoms. The molecule has 1 saturated heterocycles. The number of thiazole rings is 1. The minimum Gasteiger partial charge on any atom is -0.356 e. The van der Waals surface area contributed by atoms with E-state index in [2.05, 4.69) is 57.7 Å². The number of thiocarbonyl (C=S) groups is 1. The van der Waals surface area contributed by atoms with Crippen molar-refractivity contribution in [2.45, 2.75) is 18.9 Å². The molecule has 2 atom stereocenters. The van der Waals surface area contributed by atoms with E-state index in [0.29, 0.717) is 17.0 Å². The van der Waals surface area contributed by atoms with E-state index in [1.54, 1.807) is 6.07 Å². The predicted molar refractivity (Wildman–Crippen MR) is 160 cm³/mol. The number of benzene rings is 2. The Morgan fingerprint density at radius 3 is 2.55 bits per heavy atom. The van der Waals surface area contributed by atoms with Gasteiger partial charge in [-0.1, -0.05) is 84.6 Å². The molecule has 2 aromatic heterocycles. The van der Waals surface area contributed by atoms with Gasteiger partial charge in [0.05, 0.1) is 11.4 Å². The first-order valence-corrected chi connectivity index (χ1v) is 14.8. The Labute approximate surface area is 234 Å². The van der Waals surface area contributed by atoms with Gasteiger partial charge in [-0.05, 0) is 29.5 Å². The largest absolute Gasteiger partial charge is 0.356 e. The number of thioether (sulfide) groups is 1. The zero-order valence-electron chi connectivity index (χ0n) is 20.6. The summed E-state index contributed by atoms with van der Waals surface area (Å²) >= 11 is 8.51. The summed E-state index contributed by atoms with van der Waals surface area (Å²) in [6, 6.07) is 24.1. The van der Waals surface area contributed by atoms with Crippen LogP contribution in [0.3, 0.4) is 0 Å². The minimum atomic E-state index is -0.119. The smallest absolute Gasteiger partial charge is 0.250 e. The summed E-state index contributed by atoms with van der Waals surface area (Å²) < 4.78 is 2.65. The van der Waals surface area contributed by atoms with Gasteiger partial charge in [-0.3, -0.25) is 9.59 Å². The van der Waals surface area contributed by atoms with Crippen LogP contribution in [-0.2, 0) is 11.3 Å². The van der Waals surface area contributed by atoms with Gasteiger partial charge in [0.1, 0.15) is 4.32 Å². The molecule has 4 heterocycles. The molecule has 1 N–H and O–H groups in total. The second-order valence-electron chi connectivity index (χ2n) is 9.69. The van der Waals surface area contributed by atoms with Crippen molar-refractivity contribution in [3.63, 3.8) is 0 Å². The lowest BCUT2D eigenvalue weighted by Gasteiger charge is -2.43. The normalized spacial score (nSPS) is 18.1. The highest BCUT2D eigenvalue weighted by Gasteiger charge is 2.35. The van der Waals surface area contributed by atoms with Crippen LogP contribution in [-0.4, -0.2) is 43.5 Å². The van der Waals surface area contributed by atoms with E-state index in [1.165, 1.54) is 28.7 Å². The third kappa shape index (κ3) is 5.32. The van der Waals surface area contributed by atoms with Gasteiger partial charge in [-0.15, -0.1) is 11.3 Å². The SMILES string of the molecule is O=C(CSC(=S)N1C[C@@H]2C[C@H](C1)c1cccc(=O)n1C2)Nc1nc(-c2ccc(-c3ccccc3)cc2)cs1. The van der Waals surface area contributed by atoms with E-state index in [4.69, 9.17) is 12.2 Å². The van der Waals surface area contributed by atoms with Crippen LogP contribution in [0.2, 0.25) is 0 Å². The Morgan fingerprint density at radius 2 is 1.74 bits per heavy atom. The maximum atomic E-state index is 12.7. The van der Waals surface area contributed by atoms with Crippen LogP contribution in [0.15, 0.2) is 83.0 Å². The molecule has 1 fully saturated rings. The highest BCUT2D eigenvalue weighted by molar-refractivity contribution is 8.23. The lowest BCUT2D eigenvalue weighted by Crippen LogP contribution is -2.48. The van der Waals surface area contributed by atoms with Crippen LogP contribution >= 0.6 is 35.3 Å². The number of anilines is 1. The van der Waals surface area contributed by atoms with Crippen LogP contribution in [0.1, 0.15) is 18.0 Å². The molecule has 6 rings (SSSR count). The molecule has 2 bridgehead atoms. The molecule has 1 amide bonds. The summed E-state index contributed by atoms with van der Waals surface area (Å²) in [4.78, 5) is 31.7. The minimum absolute atomic E-state index is 0.0776. The third-order valence-corrected chi connectivity index (χ3v) is 9.38. The summed E-state index contributed by atoms with van der Waals surface area (Å²) in [6.45, 7) is 2.34. The van der Waals surface area contributed by atoms with Crippen LogP contribution < -0.4 is 10.9 Å². The van der Waals surface area contributed by atoms with Gasteiger partial charge in [0.25, 0.3) is 5.56 Å². The number of nitrogens with one attached hydrogen (secondary N) is 1. The fraction of sp³-hybridized carbons (Fsp3) is 0.241. The Bertz CT molecular complexity index is 1530. The number of nitrogens with zero attached hydrogens (tertiary/aromatic N) is 3. The molecule has 6 nitrogen and oxygen atoms in total. The number of carbonyl (C=O) groups is 1. The van der Waals surface area contributed by atoms with Crippen molar-refractivity contribution in [2.75, 3.05) is 24.2 Å². The summed E-state index contributed by atoms with van der Waals surface area (Å²) in [7, 11) is 0. The number of amides is 1. The van der Waals surface area contributed by atoms with E-state index in [1.807, 2.05) is 34.2 Å². The number of fused-ring (bicyclic) bond motifs is 4. The lowest BCUT2D eigenvalue weighted by molar-refractivity contribution is -0.113. The molecule has 0 aliphatic carbocycles. The number of pyridine rings is 1. The summed E-state index contributed by atoms with van der Waals surface area (Å²) in [6.07, 6.45) is 1.08. The Kier molecular flexibility index (Phi) is 7.14. The summed E-state index contributed by atoms with van der Waals surface area (Å²) in [5.74, 6) is 0.803. The molecule has 0 unspecified atom stereocenters.